The van der Waals surface area contributed by atoms with E-state index >= 15 is 0 Å². The van der Waals surface area contributed by atoms with Gasteiger partial charge in [0.25, 0.3) is 5.91 Å². The molecule has 2 heterocycles. The summed E-state index contributed by atoms with van der Waals surface area (Å²) >= 11 is 0. The highest BCUT2D eigenvalue weighted by molar-refractivity contribution is 6.06. The minimum absolute atomic E-state index is 0.142. The molecule has 0 aliphatic rings. The number of ether oxygens (including phenoxy) is 1. The molecule has 27 heavy (non-hydrogen) atoms. The number of nitrogens with one attached hydrogen (secondary N) is 2. The Balaban J connectivity index is 1.49. The van der Waals surface area contributed by atoms with Crippen molar-refractivity contribution in [2.45, 2.75) is 6.54 Å². The summed E-state index contributed by atoms with van der Waals surface area (Å²) < 4.78 is 5.18. The maximum atomic E-state index is 12.5. The maximum absolute atomic E-state index is 12.5. The highest BCUT2D eigenvalue weighted by atomic mass is 16.5. The van der Waals surface area contributed by atoms with E-state index in [4.69, 9.17) is 4.74 Å². The molecule has 0 bridgehead atoms. The Hall–Kier alpha value is -3.67. The molecule has 0 spiro atoms. The summed E-state index contributed by atoms with van der Waals surface area (Å²) in [6.45, 7) is 0.323. The zero-order chi connectivity index (χ0) is 18.6. The van der Waals surface area contributed by atoms with Crippen LogP contribution >= 0.6 is 0 Å². The first-order chi connectivity index (χ1) is 13.2. The van der Waals surface area contributed by atoms with E-state index in [1.165, 1.54) is 6.33 Å². The molecular weight excluding hydrogens is 340 g/mol. The fourth-order valence-electron chi connectivity index (χ4n) is 2.94. The average Bonchev–Trinajstić information content (AvgIpc) is 3.16. The number of hydrogen-bond donors (Lipinski definition) is 2. The van der Waals surface area contributed by atoms with Crippen LogP contribution in [0.15, 0.2) is 67.1 Å². The van der Waals surface area contributed by atoms with Crippen LogP contribution in [0.5, 0.6) is 5.75 Å². The lowest BCUT2D eigenvalue weighted by atomic mass is 10.1. The number of carbonyl (C=O) groups excluding carboxylic acids is 1. The number of para-hydroxylation sites is 1. The molecule has 2 N–H and O–H groups in total. The van der Waals surface area contributed by atoms with Crippen molar-refractivity contribution in [2.24, 2.45) is 0 Å². The Bertz CT molecular complexity index is 1090. The lowest BCUT2D eigenvalue weighted by Gasteiger charge is -2.07. The number of benzene rings is 2. The molecule has 0 saturated heterocycles. The van der Waals surface area contributed by atoms with E-state index in [2.05, 4.69) is 20.3 Å². The fourth-order valence-corrected chi connectivity index (χ4v) is 2.94. The van der Waals surface area contributed by atoms with E-state index in [0.29, 0.717) is 12.1 Å². The first-order valence-corrected chi connectivity index (χ1v) is 8.54. The van der Waals surface area contributed by atoms with Gasteiger partial charge in [0, 0.05) is 22.7 Å². The number of hydrogen-bond acceptors (Lipinski definition) is 4. The van der Waals surface area contributed by atoms with E-state index in [9.17, 15) is 4.79 Å². The van der Waals surface area contributed by atoms with Gasteiger partial charge in [-0.3, -0.25) is 4.79 Å². The zero-order valence-electron chi connectivity index (χ0n) is 14.8. The van der Waals surface area contributed by atoms with E-state index < -0.39 is 0 Å². The van der Waals surface area contributed by atoms with Gasteiger partial charge >= 0.3 is 0 Å². The van der Waals surface area contributed by atoms with E-state index in [1.54, 1.807) is 13.3 Å². The molecule has 0 saturated carbocycles. The number of rotatable bonds is 5. The summed E-state index contributed by atoms with van der Waals surface area (Å²) in [5.74, 6) is 0.649. The first kappa shape index (κ1) is 16.8. The first-order valence-electron chi connectivity index (χ1n) is 8.54. The molecule has 6 heteroatoms. The van der Waals surface area contributed by atoms with E-state index in [0.717, 1.165) is 33.6 Å². The van der Waals surface area contributed by atoms with Crippen molar-refractivity contribution < 1.29 is 9.53 Å². The van der Waals surface area contributed by atoms with Crippen LogP contribution in [0.3, 0.4) is 0 Å². The second-order valence-corrected chi connectivity index (χ2v) is 6.05. The summed E-state index contributed by atoms with van der Waals surface area (Å²) in [6.07, 6.45) is 3.23. The number of aromatic nitrogens is 3. The predicted molar refractivity (Wildman–Crippen MR) is 103 cm³/mol. The van der Waals surface area contributed by atoms with E-state index in [1.807, 2.05) is 54.6 Å². The van der Waals surface area contributed by atoms with Crippen LogP contribution in [0.2, 0.25) is 0 Å². The second-order valence-electron chi connectivity index (χ2n) is 6.05. The van der Waals surface area contributed by atoms with Crippen LogP contribution in [-0.2, 0) is 6.54 Å². The minimum atomic E-state index is -0.142. The van der Waals surface area contributed by atoms with Crippen LogP contribution < -0.4 is 10.1 Å². The lowest BCUT2D eigenvalue weighted by Crippen LogP contribution is -2.23. The van der Waals surface area contributed by atoms with Gasteiger partial charge in [-0.1, -0.05) is 18.2 Å². The molecule has 4 aromatic rings. The number of carbonyl (C=O) groups is 1. The molecule has 6 nitrogen and oxygen atoms in total. The van der Waals surface area contributed by atoms with Crippen molar-refractivity contribution in [2.75, 3.05) is 7.11 Å². The Kier molecular flexibility index (Phi) is 4.53. The summed E-state index contributed by atoms with van der Waals surface area (Å²) in [6, 6.07) is 17.2. The molecule has 1 amide bonds. The summed E-state index contributed by atoms with van der Waals surface area (Å²) in [4.78, 5) is 24.2. The van der Waals surface area contributed by atoms with Gasteiger partial charge in [-0.25, -0.2) is 9.97 Å². The number of fused-ring (bicyclic) bond motifs is 1. The van der Waals surface area contributed by atoms with Crippen molar-refractivity contribution in [3.8, 4) is 17.0 Å². The Morgan fingerprint density at radius 3 is 2.74 bits per heavy atom. The van der Waals surface area contributed by atoms with Crippen molar-refractivity contribution in [3.05, 3.63) is 78.4 Å². The molecule has 0 aliphatic heterocycles. The third kappa shape index (κ3) is 3.50. The van der Waals surface area contributed by atoms with Gasteiger partial charge in [-0.2, -0.15) is 0 Å². The fraction of sp³-hybridized carbons (Fsp3) is 0.0952. The molecule has 4 rings (SSSR count). The van der Waals surface area contributed by atoms with Crippen LogP contribution in [0.1, 0.15) is 16.1 Å². The van der Waals surface area contributed by atoms with Gasteiger partial charge in [-0.15, -0.1) is 0 Å². The second kappa shape index (κ2) is 7.29. The summed E-state index contributed by atoms with van der Waals surface area (Å²) in [5.41, 5.74) is 4.05. The highest BCUT2D eigenvalue weighted by Crippen LogP contribution is 2.21. The standard InChI is InChI=1S/C21H18N4O2/c1-27-16-8-6-14(7-9-16)20-10-15(24-13-25-20)11-23-21(26)18-12-22-19-5-3-2-4-17(18)19/h2-10,12-13,22H,11H2,1H3,(H,23,26). The zero-order valence-corrected chi connectivity index (χ0v) is 14.8. The Morgan fingerprint density at radius 2 is 1.93 bits per heavy atom. The SMILES string of the molecule is COc1ccc(-c2cc(CNC(=O)c3c[nH]c4ccccc34)ncn2)cc1. The van der Waals surface area contributed by atoms with Crippen molar-refractivity contribution in [3.63, 3.8) is 0 Å². The number of nitrogens with zero attached hydrogens (tertiary/aromatic N) is 2. The van der Waals surface area contributed by atoms with Gasteiger partial charge in [0.2, 0.25) is 0 Å². The largest absolute Gasteiger partial charge is 0.497 e. The molecule has 0 radical (unpaired) electrons. The van der Waals surface area contributed by atoms with Gasteiger partial charge < -0.3 is 15.0 Å². The summed E-state index contributed by atoms with van der Waals surface area (Å²) in [5, 5.41) is 3.82. The molecule has 2 aromatic heterocycles. The summed E-state index contributed by atoms with van der Waals surface area (Å²) in [7, 11) is 1.63. The normalized spacial score (nSPS) is 10.7. The number of H-pyrrole nitrogens is 1. The quantitative estimate of drug-likeness (QED) is 0.572. The number of aromatic amines is 1. The van der Waals surface area contributed by atoms with Crippen LogP contribution in [-0.4, -0.2) is 28.0 Å². The van der Waals surface area contributed by atoms with Gasteiger partial charge in [0.1, 0.15) is 12.1 Å². The molecule has 2 aromatic carbocycles. The Labute approximate surface area is 156 Å². The highest BCUT2D eigenvalue weighted by Gasteiger charge is 2.12. The van der Waals surface area contributed by atoms with Gasteiger partial charge in [0.15, 0.2) is 0 Å². The van der Waals surface area contributed by atoms with Crippen molar-refractivity contribution >= 4 is 16.8 Å². The smallest absolute Gasteiger partial charge is 0.253 e. The number of amides is 1. The third-order valence-electron chi connectivity index (χ3n) is 4.37. The molecule has 0 fully saturated rings. The Morgan fingerprint density at radius 1 is 1.11 bits per heavy atom. The predicted octanol–water partition coefficient (Wildman–Crippen LogP) is 3.56. The van der Waals surface area contributed by atoms with Crippen molar-refractivity contribution in [1.29, 1.82) is 0 Å². The van der Waals surface area contributed by atoms with Crippen LogP contribution in [0.25, 0.3) is 22.2 Å². The third-order valence-corrected chi connectivity index (χ3v) is 4.37. The topological polar surface area (TPSA) is 79.9 Å². The minimum Gasteiger partial charge on any atom is -0.497 e. The number of methoxy groups -OCH3 is 1. The lowest BCUT2D eigenvalue weighted by molar-refractivity contribution is 0.0952. The molecular formula is C21H18N4O2. The van der Waals surface area contributed by atoms with Crippen molar-refractivity contribution in [1.82, 2.24) is 20.3 Å². The average molecular weight is 358 g/mol. The monoisotopic (exact) mass is 358 g/mol. The van der Waals surface area contributed by atoms with Gasteiger partial charge in [0.05, 0.1) is 30.6 Å². The van der Waals surface area contributed by atoms with E-state index in [-0.39, 0.29) is 5.91 Å². The van der Waals surface area contributed by atoms with Gasteiger partial charge in [-0.05, 0) is 36.4 Å². The molecule has 0 atom stereocenters. The molecule has 134 valence electrons. The maximum Gasteiger partial charge on any atom is 0.253 e. The van der Waals surface area contributed by atoms with Crippen LogP contribution in [0.4, 0.5) is 0 Å². The molecule has 0 aliphatic carbocycles. The molecule has 0 unspecified atom stereocenters. The van der Waals surface area contributed by atoms with Crippen LogP contribution in [0, 0.1) is 0 Å².